The Hall–Kier alpha value is -0.780. The predicted molar refractivity (Wildman–Crippen MR) is 84.9 cm³/mol. The molecule has 0 nitrogen and oxygen atoms in total. The van der Waals surface area contributed by atoms with Crippen molar-refractivity contribution >= 4 is 0 Å². The highest BCUT2D eigenvalue weighted by molar-refractivity contribution is 5.00. The summed E-state index contributed by atoms with van der Waals surface area (Å²) in [5.41, 5.74) is 3.09. The Morgan fingerprint density at radius 3 is 2.22 bits per heavy atom. The van der Waals surface area contributed by atoms with Gasteiger partial charge in [0.15, 0.2) is 0 Å². The zero-order valence-corrected chi connectivity index (χ0v) is 12.8. The minimum atomic E-state index is 1.02. The van der Waals surface area contributed by atoms with Crippen LogP contribution < -0.4 is 0 Å². The van der Waals surface area contributed by atoms with Crippen molar-refractivity contribution in [3.8, 4) is 0 Å². The van der Waals surface area contributed by atoms with E-state index in [-0.39, 0.29) is 0 Å². The van der Waals surface area contributed by atoms with Crippen LogP contribution in [0.1, 0.15) is 78.6 Å². The summed E-state index contributed by atoms with van der Waals surface area (Å²) < 4.78 is 0. The molecule has 0 fully saturated rings. The van der Waals surface area contributed by atoms with E-state index in [0.29, 0.717) is 0 Å². The SMILES string of the molecule is C=CC/C=C(\C)CCCCCC/C=C(\C)CCC. The second kappa shape index (κ2) is 12.7. The van der Waals surface area contributed by atoms with Crippen molar-refractivity contribution in [2.45, 2.75) is 78.6 Å². The quantitative estimate of drug-likeness (QED) is 0.285. The second-order valence-corrected chi connectivity index (χ2v) is 5.33. The number of allylic oxidation sites excluding steroid dienone is 5. The highest BCUT2D eigenvalue weighted by Gasteiger charge is 1.92. The number of unbranched alkanes of at least 4 members (excludes halogenated alkanes) is 4. The largest absolute Gasteiger partial charge is 0.103 e. The fourth-order valence-electron chi connectivity index (χ4n) is 2.13. The molecule has 0 amide bonds. The van der Waals surface area contributed by atoms with E-state index in [1.807, 2.05) is 6.08 Å². The fourth-order valence-corrected chi connectivity index (χ4v) is 2.13. The summed E-state index contributed by atoms with van der Waals surface area (Å²) in [7, 11) is 0. The average molecular weight is 248 g/mol. The van der Waals surface area contributed by atoms with Gasteiger partial charge in [0.1, 0.15) is 0 Å². The van der Waals surface area contributed by atoms with Gasteiger partial charge in [-0.2, -0.15) is 0 Å². The molecule has 0 atom stereocenters. The van der Waals surface area contributed by atoms with Gasteiger partial charge < -0.3 is 0 Å². The van der Waals surface area contributed by atoms with E-state index in [2.05, 4.69) is 39.5 Å². The molecule has 0 aromatic rings. The Labute approximate surface area is 115 Å². The molecule has 0 rings (SSSR count). The summed E-state index contributed by atoms with van der Waals surface area (Å²) in [5, 5.41) is 0. The third kappa shape index (κ3) is 11.7. The molecule has 0 unspecified atom stereocenters. The molecule has 0 N–H and O–H groups in total. The molecule has 0 spiro atoms. The van der Waals surface area contributed by atoms with Crippen molar-refractivity contribution in [2.24, 2.45) is 0 Å². The smallest absolute Gasteiger partial charge is 0.0169 e. The zero-order valence-electron chi connectivity index (χ0n) is 12.8. The molecule has 0 aromatic carbocycles. The first-order chi connectivity index (χ1) is 8.70. The Bertz CT molecular complexity index is 255. The van der Waals surface area contributed by atoms with Crippen LogP contribution in [0.3, 0.4) is 0 Å². The summed E-state index contributed by atoms with van der Waals surface area (Å²) in [4.78, 5) is 0. The van der Waals surface area contributed by atoms with Crippen molar-refractivity contribution in [3.05, 3.63) is 36.0 Å². The highest BCUT2D eigenvalue weighted by Crippen LogP contribution is 2.12. The van der Waals surface area contributed by atoms with Crippen LogP contribution in [0.25, 0.3) is 0 Å². The van der Waals surface area contributed by atoms with Crippen molar-refractivity contribution in [1.82, 2.24) is 0 Å². The molecule has 104 valence electrons. The molecule has 0 aliphatic carbocycles. The third-order valence-electron chi connectivity index (χ3n) is 3.30. The lowest BCUT2D eigenvalue weighted by Gasteiger charge is -2.02. The average Bonchev–Trinajstić information content (AvgIpc) is 2.35. The molecule has 0 aliphatic heterocycles. The molecule has 0 bridgehead atoms. The van der Waals surface area contributed by atoms with Gasteiger partial charge in [-0.25, -0.2) is 0 Å². The minimum Gasteiger partial charge on any atom is -0.103 e. The van der Waals surface area contributed by atoms with Gasteiger partial charge in [-0.15, -0.1) is 6.58 Å². The lowest BCUT2D eigenvalue weighted by atomic mass is 10.0. The van der Waals surface area contributed by atoms with Crippen LogP contribution in [0.4, 0.5) is 0 Å². The lowest BCUT2D eigenvalue weighted by molar-refractivity contribution is 0.642. The topological polar surface area (TPSA) is 0 Å². The van der Waals surface area contributed by atoms with E-state index < -0.39 is 0 Å². The first-order valence-electron chi connectivity index (χ1n) is 7.62. The predicted octanol–water partition coefficient (Wildman–Crippen LogP) is 6.60. The summed E-state index contributed by atoms with van der Waals surface area (Å²) in [6.45, 7) is 10.5. The first-order valence-corrected chi connectivity index (χ1v) is 7.62. The molecule has 18 heavy (non-hydrogen) atoms. The third-order valence-corrected chi connectivity index (χ3v) is 3.30. The molecule has 0 aromatic heterocycles. The van der Waals surface area contributed by atoms with E-state index >= 15 is 0 Å². The Kier molecular flexibility index (Phi) is 12.1. The maximum atomic E-state index is 3.74. The van der Waals surface area contributed by atoms with Crippen molar-refractivity contribution < 1.29 is 0 Å². The molecule has 0 saturated carbocycles. The Morgan fingerprint density at radius 1 is 0.889 bits per heavy atom. The van der Waals surface area contributed by atoms with Crippen LogP contribution in [0, 0.1) is 0 Å². The zero-order chi connectivity index (χ0) is 13.6. The van der Waals surface area contributed by atoms with E-state index in [1.165, 1.54) is 56.9 Å². The molecule has 0 heteroatoms. The maximum Gasteiger partial charge on any atom is -0.0169 e. The van der Waals surface area contributed by atoms with Crippen LogP contribution in [-0.2, 0) is 0 Å². The van der Waals surface area contributed by atoms with Gasteiger partial charge in [0.25, 0.3) is 0 Å². The van der Waals surface area contributed by atoms with Gasteiger partial charge in [0, 0.05) is 0 Å². The van der Waals surface area contributed by atoms with E-state index in [0.717, 1.165) is 6.42 Å². The van der Waals surface area contributed by atoms with Crippen molar-refractivity contribution in [2.75, 3.05) is 0 Å². The van der Waals surface area contributed by atoms with Crippen molar-refractivity contribution in [1.29, 1.82) is 0 Å². The van der Waals surface area contributed by atoms with Crippen LogP contribution in [0.5, 0.6) is 0 Å². The van der Waals surface area contributed by atoms with Crippen LogP contribution in [-0.4, -0.2) is 0 Å². The fraction of sp³-hybridized carbons (Fsp3) is 0.667. The lowest BCUT2D eigenvalue weighted by Crippen LogP contribution is -1.82. The summed E-state index contributed by atoms with van der Waals surface area (Å²) in [5.74, 6) is 0. The molecular formula is C18H32. The van der Waals surface area contributed by atoms with E-state index in [1.54, 1.807) is 5.57 Å². The Morgan fingerprint density at radius 2 is 1.56 bits per heavy atom. The highest BCUT2D eigenvalue weighted by atomic mass is 14.0. The monoisotopic (exact) mass is 248 g/mol. The van der Waals surface area contributed by atoms with Crippen LogP contribution in [0.15, 0.2) is 36.0 Å². The van der Waals surface area contributed by atoms with E-state index in [9.17, 15) is 0 Å². The van der Waals surface area contributed by atoms with E-state index in [4.69, 9.17) is 0 Å². The second-order valence-electron chi connectivity index (χ2n) is 5.33. The minimum absolute atomic E-state index is 1.02. The van der Waals surface area contributed by atoms with Crippen LogP contribution in [0.2, 0.25) is 0 Å². The van der Waals surface area contributed by atoms with Crippen LogP contribution >= 0.6 is 0 Å². The van der Waals surface area contributed by atoms with Gasteiger partial charge in [0.2, 0.25) is 0 Å². The molecule has 0 radical (unpaired) electrons. The summed E-state index contributed by atoms with van der Waals surface area (Å²) in [6.07, 6.45) is 18.3. The van der Waals surface area contributed by atoms with Gasteiger partial charge >= 0.3 is 0 Å². The summed E-state index contributed by atoms with van der Waals surface area (Å²) in [6, 6.07) is 0. The summed E-state index contributed by atoms with van der Waals surface area (Å²) >= 11 is 0. The standard InChI is InChI=1S/C18H32/c1-5-7-14-18(4)16-12-10-8-9-11-15-17(3)13-6-2/h5,14-15H,1,6-13,16H2,2-4H3/b17-15+,18-14+. The van der Waals surface area contributed by atoms with Gasteiger partial charge in [-0.1, -0.05) is 55.6 Å². The normalized spacial score (nSPS) is 12.8. The number of rotatable bonds is 11. The van der Waals surface area contributed by atoms with Crippen molar-refractivity contribution in [3.63, 3.8) is 0 Å². The van der Waals surface area contributed by atoms with Gasteiger partial charge in [-0.3, -0.25) is 0 Å². The molecule has 0 aliphatic rings. The number of hydrogen-bond acceptors (Lipinski definition) is 0. The van der Waals surface area contributed by atoms with Gasteiger partial charge in [-0.05, 0) is 52.4 Å². The first kappa shape index (κ1) is 17.2. The molecule has 0 heterocycles. The Balaban J connectivity index is 3.41. The molecular weight excluding hydrogens is 216 g/mol. The maximum absolute atomic E-state index is 3.74. The van der Waals surface area contributed by atoms with Gasteiger partial charge in [0.05, 0.1) is 0 Å². The molecule has 0 saturated heterocycles. The number of hydrogen-bond donors (Lipinski definition) is 0.